The number of benzene rings is 1. The number of hydrogen-bond donors (Lipinski definition) is 1. The third kappa shape index (κ3) is 3.69. The Labute approximate surface area is 106 Å². The maximum Gasteiger partial charge on any atom is 0.252 e. The van der Waals surface area contributed by atoms with E-state index in [1.165, 1.54) is 0 Å². The molecule has 1 aromatic rings. The van der Waals surface area contributed by atoms with Crippen LogP contribution in [0.4, 0.5) is 0 Å². The fourth-order valence-electron chi connectivity index (χ4n) is 1.17. The topological polar surface area (TPSA) is 29.1 Å². The molecule has 0 aliphatic heterocycles. The molecule has 0 aliphatic rings. The second-order valence-corrected chi connectivity index (χ2v) is 4.92. The standard InChI is InChI=1S/C12H15Cl2NO/c1-8(2)11(14)7-15-12(16)9-5-3-4-6-10(9)13/h3-6,8,11H,7H2,1-2H3,(H,15,16). The van der Waals surface area contributed by atoms with Crippen LogP contribution in [0.5, 0.6) is 0 Å². The minimum atomic E-state index is -0.183. The molecule has 2 nitrogen and oxygen atoms in total. The normalized spacial score (nSPS) is 12.6. The van der Waals surface area contributed by atoms with Crippen LogP contribution in [0.25, 0.3) is 0 Å². The van der Waals surface area contributed by atoms with Gasteiger partial charge in [0.2, 0.25) is 0 Å². The quantitative estimate of drug-likeness (QED) is 0.826. The Kier molecular flexibility index (Phi) is 5.10. The zero-order valence-electron chi connectivity index (χ0n) is 9.34. The summed E-state index contributed by atoms with van der Waals surface area (Å²) in [5, 5.41) is 3.16. The number of halogens is 2. The molecule has 88 valence electrons. The Morgan fingerprint density at radius 2 is 2.00 bits per heavy atom. The first-order valence-corrected chi connectivity index (χ1v) is 6.00. The summed E-state index contributed by atoms with van der Waals surface area (Å²) in [5.41, 5.74) is 0.483. The van der Waals surface area contributed by atoms with Crippen molar-refractivity contribution in [2.75, 3.05) is 6.54 Å². The van der Waals surface area contributed by atoms with Gasteiger partial charge in [-0.3, -0.25) is 4.79 Å². The van der Waals surface area contributed by atoms with Crippen molar-refractivity contribution in [1.82, 2.24) is 5.32 Å². The highest BCUT2D eigenvalue weighted by Crippen LogP contribution is 2.15. The lowest BCUT2D eigenvalue weighted by atomic mass is 10.1. The minimum absolute atomic E-state index is 0.0635. The molecule has 4 heteroatoms. The van der Waals surface area contributed by atoms with Crippen molar-refractivity contribution in [2.45, 2.75) is 19.2 Å². The zero-order valence-corrected chi connectivity index (χ0v) is 10.8. The summed E-state index contributed by atoms with van der Waals surface area (Å²) in [6.07, 6.45) is 0. The summed E-state index contributed by atoms with van der Waals surface area (Å²) >= 11 is 11.9. The van der Waals surface area contributed by atoms with Gasteiger partial charge in [0.25, 0.3) is 5.91 Å². The molecule has 0 bridgehead atoms. The summed E-state index contributed by atoms with van der Waals surface area (Å²) in [4.78, 5) is 11.7. The lowest BCUT2D eigenvalue weighted by Crippen LogP contribution is -2.32. The van der Waals surface area contributed by atoms with Gasteiger partial charge in [-0.05, 0) is 18.1 Å². The van der Waals surface area contributed by atoms with Gasteiger partial charge in [-0.1, -0.05) is 37.6 Å². The molecule has 1 unspecified atom stereocenters. The number of alkyl halides is 1. The van der Waals surface area contributed by atoms with Gasteiger partial charge < -0.3 is 5.32 Å². The van der Waals surface area contributed by atoms with Crippen LogP contribution in [0.15, 0.2) is 24.3 Å². The van der Waals surface area contributed by atoms with Crippen molar-refractivity contribution < 1.29 is 4.79 Å². The molecule has 1 rings (SSSR count). The molecular weight excluding hydrogens is 245 g/mol. The predicted octanol–water partition coefficient (Wildman–Crippen LogP) is 3.33. The van der Waals surface area contributed by atoms with Crippen LogP contribution in [0.2, 0.25) is 5.02 Å². The zero-order chi connectivity index (χ0) is 12.1. The van der Waals surface area contributed by atoms with Crippen molar-refractivity contribution >= 4 is 29.1 Å². The van der Waals surface area contributed by atoms with Crippen LogP contribution in [0, 0.1) is 5.92 Å². The van der Waals surface area contributed by atoms with Gasteiger partial charge in [0.1, 0.15) is 0 Å². The Morgan fingerprint density at radius 3 is 2.56 bits per heavy atom. The number of carbonyl (C=O) groups is 1. The summed E-state index contributed by atoms with van der Waals surface area (Å²) in [7, 11) is 0. The molecule has 0 aliphatic carbocycles. The first kappa shape index (κ1) is 13.3. The van der Waals surface area contributed by atoms with E-state index < -0.39 is 0 Å². The first-order valence-electron chi connectivity index (χ1n) is 5.19. The average Bonchev–Trinajstić information content (AvgIpc) is 2.25. The molecular formula is C12H15Cl2NO. The Hall–Kier alpha value is -0.730. The van der Waals surface area contributed by atoms with Gasteiger partial charge in [-0.2, -0.15) is 0 Å². The fourth-order valence-corrected chi connectivity index (χ4v) is 1.47. The molecule has 0 saturated heterocycles. The summed E-state index contributed by atoms with van der Waals surface area (Å²) in [6.45, 7) is 4.47. The van der Waals surface area contributed by atoms with Crippen molar-refractivity contribution in [3.05, 3.63) is 34.9 Å². The third-order valence-corrected chi connectivity index (χ3v) is 3.29. The fraction of sp³-hybridized carbons (Fsp3) is 0.417. The lowest BCUT2D eigenvalue weighted by molar-refractivity contribution is 0.0952. The van der Waals surface area contributed by atoms with Gasteiger partial charge in [0.05, 0.1) is 16.0 Å². The molecule has 16 heavy (non-hydrogen) atoms. The van der Waals surface area contributed by atoms with E-state index in [2.05, 4.69) is 5.32 Å². The molecule has 0 saturated carbocycles. The third-order valence-electron chi connectivity index (χ3n) is 2.30. The smallest absolute Gasteiger partial charge is 0.252 e. The van der Waals surface area contributed by atoms with E-state index in [-0.39, 0.29) is 11.3 Å². The summed E-state index contributed by atoms with van der Waals surface area (Å²) < 4.78 is 0. The Morgan fingerprint density at radius 1 is 1.38 bits per heavy atom. The van der Waals surface area contributed by atoms with Gasteiger partial charge in [0, 0.05) is 6.54 Å². The van der Waals surface area contributed by atoms with Crippen LogP contribution in [0.3, 0.4) is 0 Å². The Balaban J connectivity index is 2.57. The molecule has 1 amide bonds. The first-order chi connectivity index (χ1) is 7.52. The monoisotopic (exact) mass is 259 g/mol. The van der Waals surface area contributed by atoms with Crippen molar-refractivity contribution in [2.24, 2.45) is 5.92 Å². The second kappa shape index (κ2) is 6.12. The maximum absolute atomic E-state index is 11.7. The van der Waals surface area contributed by atoms with E-state index in [4.69, 9.17) is 23.2 Å². The highest BCUT2D eigenvalue weighted by molar-refractivity contribution is 6.33. The number of amides is 1. The van der Waals surface area contributed by atoms with Gasteiger partial charge >= 0.3 is 0 Å². The molecule has 0 aromatic heterocycles. The van der Waals surface area contributed by atoms with Crippen LogP contribution in [-0.4, -0.2) is 17.8 Å². The SMILES string of the molecule is CC(C)C(Cl)CNC(=O)c1ccccc1Cl. The Bertz CT molecular complexity index is 366. The molecule has 1 aromatic carbocycles. The molecule has 1 atom stereocenters. The molecule has 1 N–H and O–H groups in total. The predicted molar refractivity (Wildman–Crippen MR) is 68.3 cm³/mol. The van der Waals surface area contributed by atoms with Crippen molar-refractivity contribution in [3.8, 4) is 0 Å². The minimum Gasteiger partial charge on any atom is -0.350 e. The number of rotatable bonds is 4. The van der Waals surface area contributed by atoms with Gasteiger partial charge in [-0.25, -0.2) is 0 Å². The molecule has 0 heterocycles. The van der Waals surface area contributed by atoms with Crippen LogP contribution >= 0.6 is 23.2 Å². The largest absolute Gasteiger partial charge is 0.350 e. The van der Waals surface area contributed by atoms with E-state index in [1.807, 2.05) is 13.8 Å². The molecule has 0 fully saturated rings. The van der Waals surface area contributed by atoms with Gasteiger partial charge in [0.15, 0.2) is 0 Å². The molecule has 0 radical (unpaired) electrons. The van der Waals surface area contributed by atoms with Crippen molar-refractivity contribution in [3.63, 3.8) is 0 Å². The number of carbonyl (C=O) groups excluding carboxylic acids is 1. The van der Waals surface area contributed by atoms with E-state index >= 15 is 0 Å². The summed E-state index contributed by atoms with van der Waals surface area (Å²) in [5.74, 6) is 0.144. The lowest BCUT2D eigenvalue weighted by Gasteiger charge is -2.14. The number of hydrogen-bond acceptors (Lipinski definition) is 1. The van der Waals surface area contributed by atoms with E-state index in [9.17, 15) is 4.79 Å². The van der Waals surface area contributed by atoms with E-state index in [0.717, 1.165) is 0 Å². The van der Waals surface area contributed by atoms with Crippen molar-refractivity contribution in [1.29, 1.82) is 0 Å². The second-order valence-electron chi connectivity index (χ2n) is 3.95. The summed E-state index contributed by atoms with van der Waals surface area (Å²) in [6, 6.07) is 6.95. The number of nitrogens with one attached hydrogen (secondary N) is 1. The van der Waals surface area contributed by atoms with E-state index in [0.29, 0.717) is 23.0 Å². The highest BCUT2D eigenvalue weighted by atomic mass is 35.5. The van der Waals surface area contributed by atoms with Gasteiger partial charge in [-0.15, -0.1) is 11.6 Å². The van der Waals surface area contributed by atoms with Crippen LogP contribution < -0.4 is 5.32 Å². The maximum atomic E-state index is 11.7. The van der Waals surface area contributed by atoms with E-state index in [1.54, 1.807) is 24.3 Å². The molecule has 0 spiro atoms. The van der Waals surface area contributed by atoms with Crippen LogP contribution in [-0.2, 0) is 0 Å². The average molecular weight is 260 g/mol. The van der Waals surface area contributed by atoms with Crippen LogP contribution in [0.1, 0.15) is 24.2 Å². The highest BCUT2D eigenvalue weighted by Gasteiger charge is 2.13.